The average molecular weight is 434 g/mol. The monoisotopic (exact) mass is 432 g/mol. The number of pyridine rings is 1. The first kappa shape index (κ1) is 20.5. The van der Waals surface area contributed by atoms with Crippen molar-refractivity contribution in [2.75, 3.05) is 5.32 Å². The number of aromatic nitrogens is 1. The van der Waals surface area contributed by atoms with Gasteiger partial charge in [-0.1, -0.05) is 71.2 Å². The molecule has 6 nitrogen and oxygen atoms in total. The largest absolute Gasteiger partial charge is 0.445 e. The van der Waals surface area contributed by atoms with E-state index >= 15 is 0 Å². The molecular formula is C16H15Cl3N4O2S. The number of hydrogen-bond acceptors (Lipinski definition) is 4. The molecule has 0 aliphatic heterocycles. The number of halogens is 3. The summed E-state index contributed by atoms with van der Waals surface area (Å²) in [5, 5.41) is 8.07. The lowest BCUT2D eigenvalue weighted by molar-refractivity contribution is 0.135. The molecule has 0 fully saturated rings. The van der Waals surface area contributed by atoms with Crippen LogP contribution in [-0.2, 0) is 11.3 Å². The molecular weight excluding hydrogens is 419 g/mol. The van der Waals surface area contributed by atoms with E-state index in [2.05, 4.69) is 20.9 Å². The molecule has 0 aliphatic rings. The van der Waals surface area contributed by atoms with Gasteiger partial charge in [0.25, 0.3) is 0 Å². The van der Waals surface area contributed by atoms with Gasteiger partial charge in [0.2, 0.25) is 3.79 Å². The van der Waals surface area contributed by atoms with Crippen LogP contribution in [0, 0.1) is 0 Å². The molecule has 0 spiro atoms. The summed E-state index contributed by atoms with van der Waals surface area (Å²) >= 11 is 22.9. The number of alkyl halides is 3. The minimum absolute atomic E-state index is 0.0792. The molecule has 2 rings (SSSR count). The molecule has 1 heterocycles. The molecule has 1 aromatic carbocycles. The first-order chi connectivity index (χ1) is 12.3. The number of carbonyl (C=O) groups is 1. The van der Waals surface area contributed by atoms with Crippen molar-refractivity contribution in [2.45, 2.75) is 16.6 Å². The van der Waals surface area contributed by atoms with E-state index in [-0.39, 0.29) is 11.7 Å². The summed E-state index contributed by atoms with van der Waals surface area (Å²) in [5.74, 6) is 0.500. The Hall–Kier alpha value is -1.80. The van der Waals surface area contributed by atoms with Gasteiger partial charge in [-0.25, -0.2) is 9.78 Å². The number of nitrogens with one attached hydrogen (secondary N) is 3. The molecule has 1 unspecified atom stereocenters. The van der Waals surface area contributed by atoms with Crippen LogP contribution in [0.4, 0.5) is 10.6 Å². The van der Waals surface area contributed by atoms with Gasteiger partial charge in [-0.2, -0.15) is 0 Å². The highest BCUT2D eigenvalue weighted by Crippen LogP contribution is 2.29. The van der Waals surface area contributed by atoms with Gasteiger partial charge in [0.05, 0.1) is 0 Å². The maximum absolute atomic E-state index is 12.0. The Morgan fingerprint density at radius 3 is 2.42 bits per heavy atom. The van der Waals surface area contributed by atoms with Gasteiger partial charge in [0, 0.05) is 6.20 Å². The van der Waals surface area contributed by atoms with Crippen molar-refractivity contribution in [1.82, 2.24) is 15.6 Å². The van der Waals surface area contributed by atoms with Crippen LogP contribution < -0.4 is 16.0 Å². The number of thiocarbonyl (C=S) groups is 1. The van der Waals surface area contributed by atoms with Crippen molar-refractivity contribution in [3.8, 4) is 0 Å². The summed E-state index contributed by atoms with van der Waals surface area (Å²) in [5.41, 5.74) is 0.827. The molecule has 0 aliphatic carbocycles. The van der Waals surface area contributed by atoms with Gasteiger partial charge in [-0.3, -0.25) is 5.32 Å². The minimum atomic E-state index is -1.87. The van der Waals surface area contributed by atoms with E-state index in [1.165, 1.54) is 0 Å². The highest BCUT2D eigenvalue weighted by molar-refractivity contribution is 7.80. The molecule has 26 heavy (non-hydrogen) atoms. The Balaban J connectivity index is 1.90. The Labute approximate surface area is 171 Å². The Bertz CT molecular complexity index is 729. The highest BCUT2D eigenvalue weighted by atomic mass is 35.6. The van der Waals surface area contributed by atoms with Crippen LogP contribution in [0.2, 0.25) is 0 Å². The molecule has 0 bridgehead atoms. The highest BCUT2D eigenvalue weighted by Gasteiger charge is 2.35. The minimum Gasteiger partial charge on any atom is -0.445 e. The topological polar surface area (TPSA) is 75.3 Å². The Kier molecular flexibility index (Phi) is 7.71. The number of carbonyl (C=O) groups excluding carboxylic acids is 1. The van der Waals surface area contributed by atoms with Crippen molar-refractivity contribution >= 4 is 64.0 Å². The molecule has 1 aromatic heterocycles. The maximum Gasteiger partial charge on any atom is 0.409 e. The zero-order chi connectivity index (χ0) is 19.0. The zero-order valence-electron chi connectivity index (χ0n) is 13.3. The van der Waals surface area contributed by atoms with Crippen molar-refractivity contribution in [1.29, 1.82) is 0 Å². The fourth-order valence-electron chi connectivity index (χ4n) is 1.80. The van der Waals surface area contributed by atoms with Crippen LogP contribution >= 0.6 is 47.0 Å². The summed E-state index contributed by atoms with van der Waals surface area (Å²) in [6.45, 7) is 0.0792. The van der Waals surface area contributed by atoms with Crippen molar-refractivity contribution < 1.29 is 9.53 Å². The first-order valence-corrected chi connectivity index (χ1v) is 8.91. The molecule has 2 aromatic rings. The maximum atomic E-state index is 12.0. The van der Waals surface area contributed by atoms with Gasteiger partial charge in [-0.05, 0) is 29.9 Å². The molecule has 1 atom stereocenters. The smallest absolute Gasteiger partial charge is 0.409 e. The summed E-state index contributed by atoms with van der Waals surface area (Å²) in [7, 11) is 0. The predicted molar refractivity (Wildman–Crippen MR) is 107 cm³/mol. The Morgan fingerprint density at radius 2 is 1.81 bits per heavy atom. The SMILES string of the molecule is O=C(NC(NC(=S)Nc1ccccn1)C(Cl)(Cl)Cl)OCc1ccccc1. The summed E-state index contributed by atoms with van der Waals surface area (Å²) in [6.07, 6.45) is -0.297. The molecule has 0 saturated heterocycles. The van der Waals surface area contributed by atoms with Crippen LogP contribution in [-0.4, -0.2) is 26.1 Å². The average Bonchev–Trinajstić information content (AvgIpc) is 2.60. The second kappa shape index (κ2) is 9.78. The quantitative estimate of drug-likeness (QED) is 0.376. The third kappa shape index (κ3) is 7.21. The van der Waals surface area contributed by atoms with E-state index < -0.39 is 16.1 Å². The second-order valence-electron chi connectivity index (χ2n) is 4.99. The standard InChI is InChI=1S/C16H15Cl3N4O2S/c17-16(18,19)13(22-14(26)21-12-8-4-5-9-20-12)23-15(24)25-10-11-6-2-1-3-7-11/h1-9,13H,10H2,(H,23,24)(H2,20,21,22,26). The normalized spacial score (nSPS) is 12.0. The van der Waals surface area contributed by atoms with Gasteiger partial charge >= 0.3 is 6.09 Å². The van der Waals surface area contributed by atoms with E-state index in [0.717, 1.165) is 5.56 Å². The van der Waals surface area contributed by atoms with E-state index in [1.807, 2.05) is 30.3 Å². The number of anilines is 1. The zero-order valence-corrected chi connectivity index (χ0v) is 16.4. The number of nitrogens with zero attached hydrogens (tertiary/aromatic N) is 1. The molecule has 138 valence electrons. The number of alkyl carbamates (subject to hydrolysis) is 1. The van der Waals surface area contributed by atoms with Gasteiger partial charge in [0.1, 0.15) is 12.4 Å². The number of benzene rings is 1. The van der Waals surface area contributed by atoms with E-state index in [4.69, 9.17) is 51.8 Å². The number of ether oxygens (including phenoxy) is 1. The molecule has 0 saturated carbocycles. The lowest BCUT2D eigenvalue weighted by atomic mass is 10.2. The second-order valence-corrected chi connectivity index (χ2v) is 7.77. The van der Waals surface area contributed by atoms with Crippen molar-refractivity contribution in [2.24, 2.45) is 0 Å². The van der Waals surface area contributed by atoms with Crippen molar-refractivity contribution in [3.63, 3.8) is 0 Å². The van der Waals surface area contributed by atoms with E-state index in [9.17, 15) is 4.79 Å². The molecule has 1 amide bonds. The number of rotatable bonds is 5. The van der Waals surface area contributed by atoms with Crippen LogP contribution in [0.1, 0.15) is 5.56 Å². The summed E-state index contributed by atoms with van der Waals surface area (Å²) in [4.78, 5) is 16.1. The lowest BCUT2D eigenvalue weighted by Gasteiger charge is -2.27. The first-order valence-electron chi connectivity index (χ1n) is 7.37. The van der Waals surface area contributed by atoms with Crippen LogP contribution in [0.15, 0.2) is 54.7 Å². The van der Waals surface area contributed by atoms with E-state index in [0.29, 0.717) is 5.82 Å². The fraction of sp³-hybridized carbons (Fsp3) is 0.188. The van der Waals surface area contributed by atoms with Crippen LogP contribution in [0.5, 0.6) is 0 Å². The van der Waals surface area contributed by atoms with Gasteiger partial charge < -0.3 is 15.4 Å². The number of amides is 1. The summed E-state index contributed by atoms with van der Waals surface area (Å²) < 4.78 is 3.24. The predicted octanol–water partition coefficient (Wildman–Crippen LogP) is 3.99. The summed E-state index contributed by atoms with van der Waals surface area (Å²) in [6, 6.07) is 14.4. The number of hydrogen-bond donors (Lipinski definition) is 3. The molecule has 3 N–H and O–H groups in total. The third-order valence-corrected chi connectivity index (χ3v) is 3.86. The van der Waals surface area contributed by atoms with Gasteiger partial charge in [0.15, 0.2) is 11.3 Å². The van der Waals surface area contributed by atoms with E-state index in [1.54, 1.807) is 24.4 Å². The van der Waals surface area contributed by atoms with Crippen LogP contribution in [0.3, 0.4) is 0 Å². The van der Waals surface area contributed by atoms with Crippen molar-refractivity contribution in [3.05, 3.63) is 60.3 Å². The Morgan fingerprint density at radius 1 is 1.12 bits per heavy atom. The fourth-order valence-corrected chi connectivity index (χ4v) is 2.35. The molecule has 0 radical (unpaired) electrons. The van der Waals surface area contributed by atoms with Crippen LogP contribution in [0.25, 0.3) is 0 Å². The molecule has 10 heteroatoms. The third-order valence-electron chi connectivity index (χ3n) is 2.98. The van der Waals surface area contributed by atoms with Gasteiger partial charge in [-0.15, -0.1) is 0 Å². The lowest BCUT2D eigenvalue weighted by Crippen LogP contribution is -2.56.